The molecular weight excluding hydrogens is 397 g/mol. The summed E-state index contributed by atoms with van der Waals surface area (Å²) >= 11 is 0. The fourth-order valence-corrected chi connectivity index (χ4v) is 3.00. The molecule has 3 aromatic carbocycles. The summed E-state index contributed by atoms with van der Waals surface area (Å²) in [6.45, 7) is 0. The number of carbonyl (C=O) groups is 2. The molecule has 0 aliphatic rings. The molecule has 0 bridgehead atoms. The summed E-state index contributed by atoms with van der Waals surface area (Å²) in [7, 11) is 2.47. The first-order valence-electron chi connectivity index (χ1n) is 8.82. The molecule has 0 saturated heterocycles. The van der Waals surface area contributed by atoms with Gasteiger partial charge < -0.3 is 9.47 Å². The van der Waals surface area contributed by atoms with Gasteiger partial charge in [0.15, 0.2) is 0 Å². The van der Waals surface area contributed by atoms with E-state index in [0.29, 0.717) is 22.3 Å². The molecule has 0 N–H and O–H groups in total. The van der Waals surface area contributed by atoms with Crippen molar-refractivity contribution in [3.8, 4) is 22.3 Å². The van der Waals surface area contributed by atoms with Crippen molar-refractivity contribution in [3.05, 3.63) is 83.4 Å². The van der Waals surface area contributed by atoms with E-state index in [2.05, 4.69) is 0 Å². The van der Waals surface area contributed by atoms with Crippen LogP contribution in [-0.4, -0.2) is 26.2 Å². The zero-order chi connectivity index (χ0) is 21.9. The normalized spacial score (nSPS) is 11.1. The van der Waals surface area contributed by atoms with Crippen molar-refractivity contribution in [1.29, 1.82) is 0 Å². The van der Waals surface area contributed by atoms with Crippen LogP contribution in [0.2, 0.25) is 0 Å². The van der Waals surface area contributed by atoms with Crippen molar-refractivity contribution in [2.24, 2.45) is 0 Å². The maximum atomic E-state index is 12.8. The number of rotatable bonds is 4. The van der Waals surface area contributed by atoms with Gasteiger partial charge in [-0.05, 0) is 58.7 Å². The van der Waals surface area contributed by atoms with Crippen molar-refractivity contribution in [2.75, 3.05) is 14.2 Å². The molecule has 0 aliphatic heterocycles. The standard InChI is InChI=1S/C23H17F3O4/c1-29-21(27)18-11-17(12-19(13-18)22(28)30-2)16-5-3-4-15(10-16)14-6-8-20(9-7-14)23(24,25)26/h3-13H,1-2H3. The zero-order valence-corrected chi connectivity index (χ0v) is 16.1. The summed E-state index contributed by atoms with van der Waals surface area (Å²) in [6.07, 6.45) is -4.40. The van der Waals surface area contributed by atoms with Crippen molar-refractivity contribution in [1.82, 2.24) is 0 Å². The summed E-state index contributed by atoms with van der Waals surface area (Å²) in [5.74, 6) is -1.22. The number of benzene rings is 3. The minimum atomic E-state index is -4.40. The third-order valence-corrected chi connectivity index (χ3v) is 4.52. The van der Waals surface area contributed by atoms with E-state index in [9.17, 15) is 22.8 Å². The first-order valence-corrected chi connectivity index (χ1v) is 8.82. The fraction of sp³-hybridized carbons (Fsp3) is 0.130. The number of esters is 2. The molecule has 0 aromatic heterocycles. The van der Waals surface area contributed by atoms with Crippen molar-refractivity contribution < 1.29 is 32.2 Å². The van der Waals surface area contributed by atoms with Gasteiger partial charge in [0.2, 0.25) is 0 Å². The van der Waals surface area contributed by atoms with E-state index in [1.807, 2.05) is 0 Å². The summed E-state index contributed by atoms with van der Waals surface area (Å²) in [6, 6.07) is 16.4. The van der Waals surface area contributed by atoms with E-state index >= 15 is 0 Å². The van der Waals surface area contributed by atoms with E-state index < -0.39 is 23.7 Å². The summed E-state index contributed by atoms with van der Waals surface area (Å²) in [5.41, 5.74) is 2.14. The Morgan fingerprint density at radius 3 is 1.63 bits per heavy atom. The molecule has 7 heteroatoms. The van der Waals surface area contributed by atoms with Gasteiger partial charge in [0.1, 0.15) is 0 Å². The van der Waals surface area contributed by atoms with Crippen molar-refractivity contribution in [2.45, 2.75) is 6.18 Å². The fourth-order valence-electron chi connectivity index (χ4n) is 3.00. The molecular formula is C23H17F3O4. The Kier molecular flexibility index (Phi) is 5.91. The van der Waals surface area contributed by atoms with Gasteiger partial charge in [-0.2, -0.15) is 13.2 Å². The number of halogens is 3. The van der Waals surface area contributed by atoms with E-state index in [1.54, 1.807) is 36.4 Å². The number of methoxy groups -OCH3 is 2. The summed E-state index contributed by atoms with van der Waals surface area (Å²) in [4.78, 5) is 24.0. The number of ether oxygens (including phenoxy) is 2. The molecule has 0 atom stereocenters. The molecule has 0 spiro atoms. The van der Waals surface area contributed by atoms with Crippen LogP contribution in [0.5, 0.6) is 0 Å². The van der Waals surface area contributed by atoms with Crippen LogP contribution < -0.4 is 0 Å². The van der Waals surface area contributed by atoms with Gasteiger partial charge in [0.25, 0.3) is 0 Å². The van der Waals surface area contributed by atoms with Crippen LogP contribution in [0.3, 0.4) is 0 Å². The second kappa shape index (κ2) is 8.41. The van der Waals surface area contributed by atoms with E-state index in [1.165, 1.54) is 32.4 Å². The van der Waals surface area contributed by atoms with Crippen LogP contribution in [-0.2, 0) is 15.7 Å². The molecule has 30 heavy (non-hydrogen) atoms. The smallest absolute Gasteiger partial charge is 0.416 e. The Labute approximate surface area is 170 Å². The minimum absolute atomic E-state index is 0.176. The van der Waals surface area contributed by atoms with Gasteiger partial charge in [-0.1, -0.05) is 30.3 Å². The number of hydrogen-bond acceptors (Lipinski definition) is 4. The molecule has 0 heterocycles. The molecule has 3 rings (SSSR count). The van der Waals surface area contributed by atoms with Gasteiger partial charge in [0.05, 0.1) is 30.9 Å². The maximum absolute atomic E-state index is 12.8. The Morgan fingerprint density at radius 1 is 0.667 bits per heavy atom. The second-order valence-electron chi connectivity index (χ2n) is 6.44. The number of alkyl halides is 3. The Hall–Kier alpha value is -3.61. The van der Waals surface area contributed by atoms with Gasteiger partial charge in [-0.25, -0.2) is 9.59 Å². The Bertz CT molecular complexity index is 1050. The molecule has 3 aromatic rings. The largest absolute Gasteiger partial charge is 0.465 e. The highest BCUT2D eigenvalue weighted by Gasteiger charge is 2.30. The molecule has 0 radical (unpaired) electrons. The predicted molar refractivity (Wildman–Crippen MR) is 105 cm³/mol. The Balaban J connectivity index is 2.05. The minimum Gasteiger partial charge on any atom is -0.465 e. The van der Waals surface area contributed by atoms with Gasteiger partial charge in [-0.3, -0.25) is 0 Å². The first kappa shape index (κ1) is 21.1. The van der Waals surface area contributed by atoms with Crippen LogP contribution in [0, 0.1) is 0 Å². The second-order valence-corrected chi connectivity index (χ2v) is 6.44. The van der Waals surface area contributed by atoms with E-state index in [4.69, 9.17) is 9.47 Å². The number of carbonyl (C=O) groups excluding carboxylic acids is 2. The molecule has 0 amide bonds. The zero-order valence-electron chi connectivity index (χ0n) is 16.1. The number of hydrogen-bond donors (Lipinski definition) is 0. The molecule has 0 saturated carbocycles. The summed E-state index contributed by atoms with van der Waals surface area (Å²) < 4.78 is 47.9. The van der Waals surface area contributed by atoms with Crippen molar-refractivity contribution >= 4 is 11.9 Å². The maximum Gasteiger partial charge on any atom is 0.416 e. The van der Waals surface area contributed by atoms with Gasteiger partial charge >= 0.3 is 18.1 Å². The summed E-state index contributed by atoms with van der Waals surface area (Å²) in [5, 5.41) is 0. The lowest BCUT2D eigenvalue weighted by Gasteiger charge is -2.11. The highest BCUT2D eigenvalue weighted by Crippen LogP contribution is 2.32. The monoisotopic (exact) mass is 414 g/mol. The van der Waals surface area contributed by atoms with E-state index in [0.717, 1.165) is 12.1 Å². The topological polar surface area (TPSA) is 52.6 Å². The quantitative estimate of drug-likeness (QED) is 0.521. The third kappa shape index (κ3) is 4.51. The molecule has 4 nitrogen and oxygen atoms in total. The van der Waals surface area contributed by atoms with Crippen LogP contribution in [0.1, 0.15) is 26.3 Å². The van der Waals surface area contributed by atoms with Crippen molar-refractivity contribution in [3.63, 3.8) is 0 Å². The Morgan fingerprint density at radius 2 is 1.17 bits per heavy atom. The van der Waals surface area contributed by atoms with Crippen LogP contribution in [0.15, 0.2) is 66.7 Å². The van der Waals surface area contributed by atoms with Crippen LogP contribution in [0.4, 0.5) is 13.2 Å². The van der Waals surface area contributed by atoms with E-state index in [-0.39, 0.29) is 11.1 Å². The van der Waals surface area contributed by atoms with Crippen LogP contribution in [0.25, 0.3) is 22.3 Å². The molecule has 0 aliphatic carbocycles. The lowest BCUT2D eigenvalue weighted by atomic mass is 9.96. The van der Waals surface area contributed by atoms with Crippen LogP contribution >= 0.6 is 0 Å². The van der Waals surface area contributed by atoms with Gasteiger partial charge in [0, 0.05) is 0 Å². The predicted octanol–water partition coefficient (Wildman–Crippen LogP) is 5.61. The lowest BCUT2D eigenvalue weighted by molar-refractivity contribution is -0.137. The third-order valence-electron chi connectivity index (χ3n) is 4.52. The SMILES string of the molecule is COC(=O)c1cc(C(=O)OC)cc(-c2cccc(-c3ccc(C(F)(F)F)cc3)c2)c1. The highest BCUT2D eigenvalue weighted by atomic mass is 19.4. The van der Waals surface area contributed by atoms with Gasteiger partial charge in [-0.15, -0.1) is 0 Å². The average molecular weight is 414 g/mol. The average Bonchev–Trinajstić information content (AvgIpc) is 2.77. The highest BCUT2D eigenvalue weighted by molar-refractivity contribution is 5.97. The first-order chi connectivity index (χ1) is 14.2. The molecule has 0 unspecified atom stereocenters. The lowest BCUT2D eigenvalue weighted by Crippen LogP contribution is -2.07. The molecule has 154 valence electrons. The molecule has 0 fully saturated rings.